The Labute approximate surface area is 99.9 Å². The topological polar surface area (TPSA) is 38.4 Å². The highest BCUT2D eigenvalue weighted by Crippen LogP contribution is 2.37. The van der Waals surface area contributed by atoms with Gasteiger partial charge in [0.05, 0.1) is 17.1 Å². The highest BCUT2D eigenvalue weighted by Gasteiger charge is 2.33. The van der Waals surface area contributed by atoms with Crippen molar-refractivity contribution in [3.8, 4) is 0 Å². The van der Waals surface area contributed by atoms with Gasteiger partial charge >= 0.3 is 6.18 Å². The minimum absolute atomic E-state index is 0.0179. The Morgan fingerprint density at radius 2 is 2.00 bits per heavy atom. The molecule has 16 heavy (non-hydrogen) atoms. The van der Waals surface area contributed by atoms with Crippen LogP contribution in [0.3, 0.4) is 0 Å². The Hall–Kier alpha value is -0.940. The van der Waals surface area contributed by atoms with E-state index in [1.165, 1.54) is 6.07 Å². The lowest BCUT2D eigenvalue weighted by atomic mass is 10.2. The quantitative estimate of drug-likeness (QED) is 0.498. The largest absolute Gasteiger partial charge is 0.418 e. The normalized spacial score (nSPS) is 12.9. The fourth-order valence-electron chi connectivity index (χ4n) is 1.02. The Morgan fingerprint density at radius 3 is 2.50 bits per heavy atom. The summed E-state index contributed by atoms with van der Waals surface area (Å²) in [5.74, 6) is -0.227. The van der Waals surface area contributed by atoms with Gasteiger partial charge in [0.2, 0.25) is 0 Å². The van der Waals surface area contributed by atoms with Crippen molar-refractivity contribution in [2.24, 2.45) is 10.7 Å². The minimum Gasteiger partial charge on any atom is -0.386 e. The summed E-state index contributed by atoms with van der Waals surface area (Å²) in [6.45, 7) is 0. The van der Waals surface area contributed by atoms with Gasteiger partial charge in [-0.25, -0.2) is 4.99 Å². The second-order valence-electron chi connectivity index (χ2n) is 2.90. The number of rotatable bonds is 2. The van der Waals surface area contributed by atoms with Gasteiger partial charge in [-0.05, 0) is 18.2 Å². The number of alkyl halides is 4. The Morgan fingerprint density at radius 1 is 1.38 bits per heavy atom. The van der Waals surface area contributed by atoms with Gasteiger partial charge in [-0.1, -0.05) is 11.6 Å². The van der Waals surface area contributed by atoms with E-state index in [4.69, 9.17) is 28.9 Å². The van der Waals surface area contributed by atoms with Gasteiger partial charge in [-0.2, -0.15) is 13.2 Å². The summed E-state index contributed by atoms with van der Waals surface area (Å²) in [6.07, 6.45) is -4.53. The molecule has 1 aromatic rings. The molecule has 0 aliphatic rings. The zero-order chi connectivity index (χ0) is 12.3. The third kappa shape index (κ3) is 3.28. The van der Waals surface area contributed by atoms with E-state index in [-0.39, 0.29) is 22.4 Å². The number of aliphatic imine (C=N–C) groups is 1. The van der Waals surface area contributed by atoms with Gasteiger partial charge in [0.1, 0.15) is 5.84 Å². The van der Waals surface area contributed by atoms with E-state index in [9.17, 15) is 13.2 Å². The highest BCUT2D eigenvalue weighted by molar-refractivity contribution is 6.30. The first kappa shape index (κ1) is 13.1. The molecule has 0 aromatic heterocycles. The summed E-state index contributed by atoms with van der Waals surface area (Å²) in [5, 5.41) is -0.0179. The van der Waals surface area contributed by atoms with Crippen LogP contribution in [0.2, 0.25) is 5.02 Å². The monoisotopic (exact) mass is 270 g/mol. The Balaban J connectivity index is 3.29. The molecule has 0 saturated heterocycles. The van der Waals surface area contributed by atoms with E-state index in [2.05, 4.69) is 4.99 Å². The van der Waals surface area contributed by atoms with Gasteiger partial charge in [0, 0.05) is 5.02 Å². The number of benzene rings is 1. The molecule has 1 rings (SSSR count). The van der Waals surface area contributed by atoms with Crippen LogP contribution in [0.4, 0.5) is 18.9 Å². The van der Waals surface area contributed by atoms with E-state index < -0.39 is 11.7 Å². The maximum Gasteiger partial charge on any atom is 0.418 e. The van der Waals surface area contributed by atoms with Crippen molar-refractivity contribution in [3.05, 3.63) is 28.8 Å². The molecular weight excluding hydrogens is 264 g/mol. The first-order chi connectivity index (χ1) is 7.34. The first-order valence-corrected chi connectivity index (χ1v) is 5.01. The molecule has 0 amide bonds. The van der Waals surface area contributed by atoms with Crippen molar-refractivity contribution < 1.29 is 13.2 Å². The van der Waals surface area contributed by atoms with Gasteiger partial charge < -0.3 is 5.73 Å². The fourth-order valence-corrected chi connectivity index (χ4v) is 1.25. The highest BCUT2D eigenvalue weighted by atomic mass is 35.5. The molecule has 7 heteroatoms. The molecule has 88 valence electrons. The summed E-state index contributed by atoms with van der Waals surface area (Å²) in [6, 6.07) is 3.24. The van der Waals surface area contributed by atoms with Gasteiger partial charge in [-0.15, -0.1) is 11.6 Å². The van der Waals surface area contributed by atoms with Crippen molar-refractivity contribution in [2.45, 2.75) is 6.18 Å². The average Bonchev–Trinajstić information content (AvgIpc) is 2.19. The van der Waals surface area contributed by atoms with Gasteiger partial charge in [0.15, 0.2) is 0 Å². The van der Waals surface area contributed by atoms with Gasteiger partial charge in [0.25, 0.3) is 0 Å². The summed E-state index contributed by atoms with van der Waals surface area (Å²) in [4.78, 5) is 3.57. The summed E-state index contributed by atoms with van der Waals surface area (Å²) >= 11 is 10.8. The number of amidine groups is 1. The standard InChI is InChI=1S/C9H7Cl2F3N2/c10-4-8(15)16-7-2-1-5(11)3-6(7)9(12,13)14/h1-3H,4H2,(H2,15,16). The van der Waals surface area contributed by atoms with Crippen LogP contribution >= 0.6 is 23.2 Å². The van der Waals surface area contributed by atoms with Crippen LogP contribution in [-0.4, -0.2) is 11.7 Å². The average molecular weight is 271 g/mol. The fraction of sp³-hybridized carbons (Fsp3) is 0.222. The van der Waals surface area contributed by atoms with Crippen molar-refractivity contribution >= 4 is 34.7 Å². The second kappa shape index (κ2) is 4.93. The molecular formula is C9H7Cl2F3N2. The number of nitrogens with two attached hydrogens (primary N) is 1. The third-order valence-electron chi connectivity index (χ3n) is 1.66. The molecule has 1 aromatic carbocycles. The smallest absolute Gasteiger partial charge is 0.386 e. The molecule has 0 bridgehead atoms. The third-order valence-corrected chi connectivity index (χ3v) is 2.17. The van der Waals surface area contributed by atoms with E-state index in [1.54, 1.807) is 0 Å². The summed E-state index contributed by atoms with van der Waals surface area (Å²) in [7, 11) is 0. The molecule has 0 radical (unpaired) electrons. The van der Waals surface area contributed by atoms with Crippen LogP contribution in [0.5, 0.6) is 0 Å². The van der Waals surface area contributed by atoms with Crippen LogP contribution in [0.1, 0.15) is 5.56 Å². The lowest BCUT2D eigenvalue weighted by molar-refractivity contribution is -0.137. The molecule has 2 nitrogen and oxygen atoms in total. The van der Waals surface area contributed by atoms with E-state index in [1.807, 2.05) is 0 Å². The number of halogens is 5. The molecule has 2 N–H and O–H groups in total. The van der Waals surface area contributed by atoms with Crippen LogP contribution in [0.25, 0.3) is 0 Å². The molecule has 0 saturated carbocycles. The number of nitrogens with zero attached hydrogens (tertiary/aromatic N) is 1. The molecule has 0 aliphatic heterocycles. The van der Waals surface area contributed by atoms with Crippen LogP contribution in [-0.2, 0) is 6.18 Å². The van der Waals surface area contributed by atoms with Crippen LogP contribution in [0.15, 0.2) is 23.2 Å². The number of hydrogen-bond donors (Lipinski definition) is 1. The van der Waals surface area contributed by atoms with E-state index in [0.717, 1.165) is 12.1 Å². The van der Waals surface area contributed by atoms with Crippen molar-refractivity contribution in [3.63, 3.8) is 0 Å². The minimum atomic E-state index is -4.53. The summed E-state index contributed by atoms with van der Waals surface area (Å²) < 4.78 is 37.7. The first-order valence-electron chi connectivity index (χ1n) is 4.10. The molecule has 0 spiro atoms. The zero-order valence-electron chi connectivity index (χ0n) is 7.85. The molecule has 0 fully saturated rings. The zero-order valence-corrected chi connectivity index (χ0v) is 9.37. The van der Waals surface area contributed by atoms with Crippen molar-refractivity contribution in [2.75, 3.05) is 5.88 Å². The molecule has 0 heterocycles. The Kier molecular flexibility index (Phi) is 4.04. The lowest BCUT2D eigenvalue weighted by Crippen LogP contribution is -2.13. The lowest BCUT2D eigenvalue weighted by Gasteiger charge is -2.10. The van der Waals surface area contributed by atoms with E-state index in [0.29, 0.717) is 0 Å². The predicted octanol–water partition coefficient (Wildman–Crippen LogP) is 3.59. The van der Waals surface area contributed by atoms with Crippen molar-refractivity contribution in [1.29, 1.82) is 0 Å². The maximum absolute atomic E-state index is 12.6. The summed E-state index contributed by atoms with van der Waals surface area (Å²) in [5.41, 5.74) is 4.04. The number of hydrogen-bond acceptors (Lipinski definition) is 1. The SMILES string of the molecule is NC(CCl)=Nc1ccc(Cl)cc1C(F)(F)F. The van der Waals surface area contributed by atoms with Crippen molar-refractivity contribution in [1.82, 2.24) is 0 Å². The van der Waals surface area contributed by atoms with Gasteiger partial charge in [-0.3, -0.25) is 0 Å². The maximum atomic E-state index is 12.6. The molecule has 0 aliphatic carbocycles. The Bertz CT molecular complexity index is 416. The van der Waals surface area contributed by atoms with Crippen LogP contribution in [0, 0.1) is 0 Å². The van der Waals surface area contributed by atoms with Crippen LogP contribution < -0.4 is 5.73 Å². The molecule has 0 unspecified atom stereocenters. The van der Waals surface area contributed by atoms with E-state index >= 15 is 0 Å². The predicted molar refractivity (Wildman–Crippen MR) is 58.5 cm³/mol. The second-order valence-corrected chi connectivity index (χ2v) is 3.60. The molecule has 0 atom stereocenters.